The Morgan fingerprint density at radius 3 is 2.27 bits per heavy atom. The van der Waals surface area contributed by atoms with Gasteiger partial charge in [0.15, 0.2) is 0 Å². The van der Waals surface area contributed by atoms with E-state index in [9.17, 15) is 0 Å². The number of rotatable bonds is 5. The molecular formula is C23H25N7. The largest absolute Gasteiger partial charge is 0.353 e. The zero-order valence-electron chi connectivity index (χ0n) is 17.4. The lowest BCUT2D eigenvalue weighted by Crippen LogP contribution is -2.47. The third kappa shape index (κ3) is 4.56. The molecule has 1 saturated heterocycles. The molecule has 0 atom stereocenters. The van der Waals surface area contributed by atoms with Crippen LogP contribution in [0.15, 0.2) is 55.0 Å². The van der Waals surface area contributed by atoms with Crippen molar-refractivity contribution < 1.29 is 0 Å². The van der Waals surface area contributed by atoms with Crippen molar-refractivity contribution in [1.29, 1.82) is 5.26 Å². The molecule has 30 heavy (non-hydrogen) atoms. The molecule has 3 aromatic rings. The van der Waals surface area contributed by atoms with Gasteiger partial charge in [-0.05, 0) is 43.4 Å². The number of anilines is 2. The van der Waals surface area contributed by atoms with Crippen molar-refractivity contribution in [3.05, 3.63) is 66.1 Å². The smallest absolute Gasteiger partial charge is 0.225 e. The number of nitriles is 1. The Hall–Kier alpha value is -3.50. The molecule has 0 unspecified atom stereocenters. The first-order valence-corrected chi connectivity index (χ1v) is 10.0. The minimum absolute atomic E-state index is 0.582. The minimum Gasteiger partial charge on any atom is -0.353 e. The van der Waals surface area contributed by atoms with Crippen molar-refractivity contribution in [2.45, 2.75) is 6.54 Å². The number of piperazine rings is 1. The first kappa shape index (κ1) is 19.8. The Balaban J connectivity index is 1.40. The Morgan fingerprint density at radius 2 is 1.63 bits per heavy atom. The third-order valence-electron chi connectivity index (χ3n) is 5.16. The van der Waals surface area contributed by atoms with Gasteiger partial charge in [0.25, 0.3) is 0 Å². The fourth-order valence-electron chi connectivity index (χ4n) is 3.62. The lowest BCUT2D eigenvalue weighted by atomic mass is 10.1. The van der Waals surface area contributed by atoms with Gasteiger partial charge in [-0.2, -0.15) is 5.26 Å². The number of benzene rings is 1. The Morgan fingerprint density at radius 1 is 0.900 bits per heavy atom. The molecule has 1 fully saturated rings. The standard InChI is InChI=1S/C23H25N7/c1-28(2)17-18-4-3-5-20(12-18)21-15-26-23(27-16-21)30-10-8-29(9-11-30)22-7-6-19(13-24)14-25-22/h3-7,12,14-16H,8-11,17H2,1-2H3. The van der Waals surface area contributed by atoms with Crippen LogP contribution < -0.4 is 9.80 Å². The topological polar surface area (TPSA) is 72.2 Å². The minimum atomic E-state index is 0.582. The molecule has 0 saturated carbocycles. The van der Waals surface area contributed by atoms with Gasteiger partial charge < -0.3 is 14.7 Å². The summed E-state index contributed by atoms with van der Waals surface area (Å²) in [6.07, 6.45) is 5.44. The zero-order chi connectivity index (χ0) is 20.9. The van der Waals surface area contributed by atoms with E-state index in [1.165, 1.54) is 5.56 Å². The van der Waals surface area contributed by atoms with Crippen molar-refractivity contribution in [3.8, 4) is 17.2 Å². The first-order chi connectivity index (χ1) is 14.6. The van der Waals surface area contributed by atoms with Crippen molar-refractivity contribution in [2.24, 2.45) is 0 Å². The van der Waals surface area contributed by atoms with E-state index in [4.69, 9.17) is 5.26 Å². The van der Waals surface area contributed by atoms with E-state index >= 15 is 0 Å². The molecule has 0 N–H and O–H groups in total. The predicted molar refractivity (Wildman–Crippen MR) is 118 cm³/mol. The monoisotopic (exact) mass is 399 g/mol. The highest BCUT2D eigenvalue weighted by molar-refractivity contribution is 5.63. The Bertz CT molecular complexity index is 1010. The summed E-state index contributed by atoms with van der Waals surface area (Å²) in [5.41, 5.74) is 4.02. The number of nitrogens with zero attached hydrogens (tertiary/aromatic N) is 7. The average Bonchev–Trinajstić information content (AvgIpc) is 2.79. The molecule has 152 valence electrons. The van der Waals surface area contributed by atoms with Crippen LogP contribution in [0, 0.1) is 11.3 Å². The normalized spacial score (nSPS) is 14.1. The van der Waals surface area contributed by atoms with Gasteiger partial charge >= 0.3 is 0 Å². The van der Waals surface area contributed by atoms with E-state index in [1.807, 2.05) is 24.5 Å². The quantitative estimate of drug-likeness (QED) is 0.653. The van der Waals surface area contributed by atoms with Gasteiger partial charge in [0.05, 0.1) is 5.56 Å². The lowest BCUT2D eigenvalue weighted by Gasteiger charge is -2.35. The Labute approximate surface area is 177 Å². The summed E-state index contributed by atoms with van der Waals surface area (Å²) in [7, 11) is 4.14. The van der Waals surface area contributed by atoms with E-state index in [0.29, 0.717) is 5.56 Å². The second kappa shape index (κ2) is 8.89. The van der Waals surface area contributed by atoms with E-state index in [0.717, 1.165) is 55.6 Å². The van der Waals surface area contributed by atoms with E-state index < -0.39 is 0 Å². The molecule has 1 aromatic carbocycles. The Kier molecular flexibility index (Phi) is 5.87. The highest BCUT2D eigenvalue weighted by Gasteiger charge is 2.20. The van der Waals surface area contributed by atoms with Crippen molar-refractivity contribution >= 4 is 11.8 Å². The van der Waals surface area contributed by atoms with Crippen LogP contribution in [-0.2, 0) is 6.54 Å². The fourth-order valence-corrected chi connectivity index (χ4v) is 3.62. The van der Waals surface area contributed by atoms with Crippen LogP contribution >= 0.6 is 0 Å². The lowest BCUT2D eigenvalue weighted by molar-refractivity contribution is 0.402. The number of aromatic nitrogens is 3. The van der Waals surface area contributed by atoms with Crippen LogP contribution in [0.4, 0.5) is 11.8 Å². The molecule has 0 spiro atoms. The summed E-state index contributed by atoms with van der Waals surface area (Å²) >= 11 is 0. The van der Waals surface area contributed by atoms with Crippen LogP contribution in [0.25, 0.3) is 11.1 Å². The number of hydrogen-bond donors (Lipinski definition) is 0. The second-order valence-electron chi connectivity index (χ2n) is 7.70. The molecule has 1 aliphatic rings. The maximum absolute atomic E-state index is 8.91. The maximum atomic E-state index is 8.91. The van der Waals surface area contributed by atoms with Crippen molar-refractivity contribution in [1.82, 2.24) is 19.9 Å². The van der Waals surface area contributed by atoms with Crippen molar-refractivity contribution in [3.63, 3.8) is 0 Å². The molecule has 3 heterocycles. The van der Waals surface area contributed by atoms with E-state index in [1.54, 1.807) is 6.20 Å². The van der Waals surface area contributed by atoms with Crippen LogP contribution in [0.2, 0.25) is 0 Å². The van der Waals surface area contributed by atoms with Gasteiger partial charge in [0.2, 0.25) is 5.95 Å². The number of hydrogen-bond acceptors (Lipinski definition) is 7. The highest BCUT2D eigenvalue weighted by Crippen LogP contribution is 2.22. The summed E-state index contributed by atoms with van der Waals surface area (Å²) < 4.78 is 0. The molecule has 0 amide bonds. The fraction of sp³-hybridized carbons (Fsp3) is 0.304. The van der Waals surface area contributed by atoms with Gasteiger partial charge in [-0.25, -0.2) is 15.0 Å². The van der Waals surface area contributed by atoms with Gasteiger partial charge in [-0.15, -0.1) is 0 Å². The van der Waals surface area contributed by atoms with Crippen LogP contribution in [0.1, 0.15) is 11.1 Å². The summed E-state index contributed by atoms with van der Waals surface area (Å²) in [5.74, 6) is 1.66. The summed E-state index contributed by atoms with van der Waals surface area (Å²) in [6.45, 7) is 4.26. The van der Waals surface area contributed by atoms with E-state index in [-0.39, 0.29) is 0 Å². The summed E-state index contributed by atoms with van der Waals surface area (Å²) in [4.78, 5) is 20.2. The predicted octanol–water partition coefficient (Wildman–Crippen LogP) is 2.80. The molecule has 2 aromatic heterocycles. The van der Waals surface area contributed by atoms with Gasteiger partial charge in [-0.1, -0.05) is 18.2 Å². The van der Waals surface area contributed by atoms with Crippen LogP contribution in [0.3, 0.4) is 0 Å². The molecule has 7 heteroatoms. The van der Waals surface area contributed by atoms with E-state index in [2.05, 4.69) is 74.1 Å². The van der Waals surface area contributed by atoms with Crippen molar-refractivity contribution in [2.75, 3.05) is 50.1 Å². The summed E-state index contributed by atoms with van der Waals surface area (Å²) in [6, 6.07) is 14.3. The third-order valence-corrected chi connectivity index (χ3v) is 5.16. The molecule has 0 bridgehead atoms. The molecule has 0 aliphatic carbocycles. The zero-order valence-corrected chi connectivity index (χ0v) is 17.4. The molecule has 1 aliphatic heterocycles. The van der Waals surface area contributed by atoms with Gasteiger partial charge in [0.1, 0.15) is 11.9 Å². The van der Waals surface area contributed by atoms with Gasteiger partial charge in [0, 0.05) is 56.9 Å². The second-order valence-corrected chi connectivity index (χ2v) is 7.70. The van der Waals surface area contributed by atoms with Crippen LogP contribution in [0.5, 0.6) is 0 Å². The maximum Gasteiger partial charge on any atom is 0.225 e. The molecule has 4 rings (SSSR count). The number of pyridine rings is 1. The molecule has 0 radical (unpaired) electrons. The average molecular weight is 400 g/mol. The first-order valence-electron chi connectivity index (χ1n) is 10.0. The highest BCUT2D eigenvalue weighted by atomic mass is 15.3. The SMILES string of the molecule is CN(C)Cc1cccc(-c2cnc(N3CCN(c4ccc(C#N)cn4)CC3)nc2)c1. The summed E-state index contributed by atoms with van der Waals surface area (Å²) in [5, 5.41) is 8.91. The molecular weight excluding hydrogens is 374 g/mol. The molecule has 7 nitrogen and oxygen atoms in total. The van der Waals surface area contributed by atoms with Gasteiger partial charge in [-0.3, -0.25) is 0 Å². The van der Waals surface area contributed by atoms with Crippen LogP contribution in [-0.4, -0.2) is 60.1 Å².